The summed E-state index contributed by atoms with van der Waals surface area (Å²) >= 11 is 0. The highest BCUT2D eigenvalue weighted by Crippen LogP contribution is 2.15. The number of esters is 2. The molecule has 304 valence electrons. The Bertz CT molecular complexity index is 1020. The minimum Gasteiger partial charge on any atom is -0.497 e. The smallest absolute Gasteiger partial charge is 0.306 e. The quantitative estimate of drug-likeness (QED) is 0.0382. The molecule has 0 saturated carbocycles. The molecule has 0 spiro atoms. The Hall–Kier alpha value is -2.60. The van der Waals surface area contributed by atoms with E-state index in [1.165, 1.54) is 116 Å². The third-order valence-electron chi connectivity index (χ3n) is 9.75. The number of hydrogen-bond acceptors (Lipinski definition) is 6. The molecule has 6 heteroatoms. The fourth-order valence-corrected chi connectivity index (χ4v) is 6.33. The Morgan fingerprint density at radius 1 is 0.528 bits per heavy atom. The van der Waals surface area contributed by atoms with Gasteiger partial charge in [-0.05, 0) is 81.9 Å². The highest BCUT2D eigenvalue weighted by atomic mass is 16.6. The number of carbonyl (C=O) groups excluding carboxylic acids is 2. The van der Waals surface area contributed by atoms with Crippen LogP contribution in [0.3, 0.4) is 0 Å². The van der Waals surface area contributed by atoms with Crippen LogP contribution >= 0.6 is 0 Å². The molecule has 0 aliphatic heterocycles. The fraction of sp³-hybridized carbons (Fsp3) is 0.745. The summed E-state index contributed by atoms with van der Waals surface area (Å²) in [6.45, 7) is 5.09. The molecule has 53 heavy (non-hydrogen) atoms. The third-order valence-corrected chi connectivity index (χ3v) is 9.75. The third kappa shape index (κ3) is 32.5. The van der Waals surface area contributed by atoms with E-state index in [0.717, 1.165) is 62.7 Å². The molecule has 1 rings (SSSR count). The lowest BCUT2D eigenvalue weighted by atomic mass is 10.1. The van der Waals surface area contributed by atoms with Crippen LogP contribution in [-0.2, 0) is 30.4 Å². The van der Waals surface area contributed by atoms with Crippen molar-refractivity contribution in [3.8, 4) is 5.75 Å². The summed E-state index contributed by atoms with van der Waals surface area (Å²) < 4.78 is 22.4. The van der Waals surface area contributed by atoms with Gasteiger partial charge in [0, 0.05) is 12.8 Å². The number of allylic oxidation sites excluding steroid dienone is 4. The highest BCUT2D eigenvalue weighted by Gasteiger charge is 2.18. The van der Waals surface area contributed by atoms with E-state index in [4.69, 9.17) is 18.9 Å². The Morgan fingerprint density at radius 2 is 0.943 bits per heavy atom. The number of unbranched alkanes of at least 4 members (excludes halogenated alkanes) is 22. The van der Waals surface area contributed by atoms with E-state index in [9.17, 15) is 9.59 Å². The van der Waals surface area contributed by atoms with Gasteiger partial charge in [-0.1, -0.05) is 153 Å². The van der Waals surface area contributed by atoms with E-state index in [-0.39, 0.29) is 25.2 Å². The van der Waals surface area contributed by atoms with Crippen LogP contribution in [0.4, 0.5) is 0 Å². The molecule has 0 fully saturated rings. The summed E-state index contributed by atoms with van der Waals surface area (Å²) in [6, 6.07) is 7.67. The van der Waals surface area contributed by atoms with E-state index in [1.807, 2.05) is 24.3 Å². The van der Waals surface area contributed by atoms with Crippen molar-refractivity contribution < 1.29 is 28.5 Å². The molecule has 0 amide bonds. The van der Waals surface area contributed by atoms with Gasteiger partial charge in [-0.15, -0.1) is 0 Å². The Kier molecular flexibility index (Phi) is 34.4. The number of methoxy groups -OCH3 is 1. The number of carbonyl (C=O) groups is 2. The maximum Gasteiger partial charge on any atom is 0.306 e. The lowest BCUT2D eigenvalue weighted by molar-refractivity contribution is -0.163. The van der Waals surface area contributed by atoms with Crippen molar-refractivity contribution in [1.82, 2.24) is 0 Å². The van der Waals surface area contributed by atoms with Crippen molar-refractivity contribution >= 4 is 11.9 Å². The van der Waals surface area contributed by atoms with Gasteiger partial charge >= 0.3 is 11.9 Å². The SMILES string of the molecule is CCCCCCCC/C=C\CCCCCCCC(=O)OC[C@@H](COCc1ccc(OC)cc1)OC(=O)CCCCCCC/C=C\CCCCCCCC. The summed E-state index contributed by atoms with van der Waals surface area (Å²) in [4.78, 5) is 25.2. The average molecular weight is 741 g/mol. The molecule has 0 aliphatic carbocycles. The first-order valence-corrected chi connectivity index (χ1v) is 21.9. The summed E-state index contributed by atoms with van der Waals surface area (Å²) in [5.74, 6) is 0.291. The molecule has 1 aromatic rings. The second-order valence-electron chi connectivity index (χ2n) is 14.8. The fourth-order valence-electron chi connectivity index (χ4n) is 6.33. The number of ether oxygens (including phenoxy) is 4. The maximum absolute atomic E-state index is 12.7. The summed E-state index contributed by atoms with van der Waals surface area (Å²) in [7, 11) is 1.64. The van der Waals surface area contributed by atoms with Crippen molar-refractivity contribution in [2.75, 3.05) is 20.3 Å². The topological polar surface area (TPSA) is 71.1 Å². The number of rotatable bonds is 38. The molecule has 0 radical (unpaired) electrons. The van der Waals surface area contributed by atoms with Crippen LogP contribution in [0, 0.1) is 0 Å². The average Bonchev–Trinajstić information content (AvgIpc) is 3.17. The predicted octanol–water partition coefficient (Wildman–Crippen LogP) is 13.7. The number of benzene rings is 1. The zero-order chi connectivity index (χ0) is 38.3. The van der Waals surface area contributed by atoms with Crippen LogP contribution in [0.1, 0.15) is 199 Å². The van der Waals surface area contributed by atoms with Gasteiger partial charge in [0.15, 0.2) is 6.10 Å². The highest BCUT2D eigenvalue weighted by molar-refractivity contribution is 5.70. The van der Waals surface area contributed by atoms with Crippen molar-refractivity contribution in [2.45, 2.75) is 206 Å². The van der Waals surface area contributed by atoms with Gasteiger partial charge in [-0.2, -0.15) is 0 Å². The zero-order valence-corrected chi connectivity index (χ0v) is 34.6. The van der Waals surface area contributed by atoms with Gasteiger partial charge in [0.05, 0.1) is 20.3 Å². The molecule has 1 aromatic carbocycles. The van der Waals surface area contributed by atoms with E-state index in [0.29, 0.717) is 19.4 Å². The Morgan fingerprint density at radius 3 is 1.40 bits per heavy atom. The van der Waals surface area contributed by atoms with Gasteiger partial charge in [0.2, 0.25) is 0 Å². The molecule has 0 saturated heterocycles. The van der Waals surface area contributed by atoms with E-state index >= 15 is 0 Å². The second kappa shape index (κ2) is 37.7. The zero-order valence-electron chi connectivity index (χ0n) is 34.6. The standard InChI is InChI=1S/C47H80O6/c1-4-6-8-10-12-14-16-18-20-22-24-26-28-30-32-34-46(48)52-42-45(41-51-40-43-36-38-44(50-3)39-37-43)53-47(49)35-33-31-29-27-25-23-21-19-17-15-13-11-9-7-5-2/h18-21,36-39,45H,4-17,22-35,40-42H2,1-3H3/b20-18-,21-19-/t45-/m1/s1. The van der Waals surface area contributed by atoms with Gasteiger partial charge in [-0.25, -0.2) is 0 Å². The minimum atomic E-state index is -0.623. The van der Waals surface area contributed by atoms with Gasteiger partial charge in [-0.3, -0.25) is 9.59 Å². The van der Waals surface area contributed by atoms with Crippen molar-refractivity contribution in [2.24, 2.45) is 0 Å². The maximum atomic E-state index is 12.7. The lowest BCUT2D eigenvalue weighted by Crippen LogP contribution is -2.29. The van der Waals surface area contributed by atoms with Crippen molar-refractivity contribution in [3.63, 3.8) is 0 Å². The van der Waals surface area contributed by atoms with Crippen molar-refractivity contribution in [1.29, 1.82) is 0 Å². The predicted molar refractivity (Wildman–Crippen MR) is 222 cm³/mol. The molecule has 0 heterocycles. The molecule has 0 aliphatic rings. The van der Waals surface area contributed by atoms with Crippen LogP contribution in [0.5, 0.6) is 5.75 Å². The number of hydrogen-bond donors (Lipinski definition) is 0. The van der Waals surface area contributed by atoms with Crippen LogP contribution in [0.15, 0.2) is 48.6 Å². The molecule has 0 unspecified atom stereocenters. The molecule has 6 nitrogen and oxygen atoms in total. The molecule has 0 bridgehead atoms. The second-order valence-corrected chi connectivity index (χ2v) is 14.8. The van der Waals surface area contributed by atoms with Gasteiger partial charge in [0.25, 0.3) is 0 Å². The first-order valence-electron chi connectivity index (χ1n) is 21.9. The first-order chi connectivity index (χ1) is 26.1. The van der Waals surface area contributed by atoms with Crippen LogP contribution < -0.4 is 4.74 Å². The monoisotopic (exact) mass is 741 g/mol. The summed E-state index contributed by atoms with van der Waals surface area (Å²) in [6.07, 6.45) is 41.1. The molecule has 1 atom stereocenters. The van der Waals surface area contributed by atoms with Crippen molar-refractivity contribution in [3.05, 3.63) is 54.1 Å². The summed E-state index contributed by atoms with van der Waals surface area (Å²) in [5, 5.41) is 0. The van der Waals surface area contributed by atoms with Crippen LogP contribution in [0.2, 0.25) is 0 Å². The molecule has 0 aromatic heterocycles. The van der Waals surface area contributed by atoms with Crippen LogP contribution in [0.25, 0.3) is 0 Å². The Labute approximate surface area is 326 Å². The Balaban J connectivity index is 2.24. The van der Waals surface area contributed by atoms with E-state index in [1.54, 1.807) is 7.11 Å². The normalized spacial score (nSPS) is 12.1. The largest absolute Gasteiger partial charge is 0.497 e. The molecular weight excluding hydrogens is 661 g/mol. The molecule has 0 N–H and O–H groups in total. The van der Waals surface area contributed by atoms with Gasteiger partial charge in [0.1, 0.15) is 12.4 Å². The van der Waals surface area contributed by atoms with Crippen LogP contribution in [-0.4, -0.2) is 38.4 Å². The molecular formula is C47H80O6. The first kappa shape index (κ1) is 48.4. The minimum absolute atomic E-state index is 0.0185. The van der Waals surface area contributed by atoms with E-state index in [2.05, 4.69) is 38.2 Å². The summed E-state index contributed by atoms with van der Waals surface area (Å²) in [5.41, 5.74) is 0.991. The lowest BCUT2D eigenvalue weighted by Gasteiger charge is -2.18. The van der Waals surface area contributed by atoms with Gasteiger partial charge < -0.3 is 18.9 Å². The van der Waals surface area contributed by atoms with E-state index < -0.39 is 6.10 Å².